The van der Waals surface area contributed by atoms with E-state index in [9.17, 15) is 26.4 Å². The molecule has 2 N–H and O–H groups in total. The molecule has 5 nitrogen and oxygen atoms in total. The van der Waals surface area contributed by atoms with Crippen molar-refractivity contribution in [1.82, 2.24) is 5.32 Å². The molecule has 10 heteroatoms. The van der Waals surface area contributed by atoms with Crippen LogP contribution in [0.25, 0.3) is 0 Å². The molecule has 0 spiro atoms. The summed E-state index contributed by atoms with van der Waals surface area (Å²) in [5, 5.41) is 1.75. The number of carbonyl (C=O) groups excluding carboxylic acids is 1. The lowest BCUT2D eigenvalue weighted by Gasteiger charge is -2.09. The number of nitrogens with one attached hydrogen (secondary N) is 2. The Morgan fingerprint density at radius 3 is 2.24 bits per heavy atom. The fourth-order valence-corrected chi connectivity index (χ4v) is 2.24. The standard InChI is InChI=1S/C11H12BrF3N2O3S/c12-7-21(19,20)17-9-3-1-8(2-4-9)5-10(18)16-6-11(13,14)15/h1-4,17H,5-7H2,(H,16,18). The molecule has 0 aliphatic heterocycles. The molecule has 0 fully saturated rings. The molecule has 0 aliphatic rings. The summed E-state index contributed by atoms with van der Waals surface area (Å²) in [6.45, 7) is -1.38. The van der Waals surface area contributed by atoms with Gasteiger partial charge in [0.1, 0.15) is 11.2 Å². The quantitative estimate of drug-likeness (QED) is 0.731. The van der Waals surface area contributed by atoms with Gasteiger partial charge in [-0.3, -0.25) is 9.52 Å². The zero-order valence-corrected chi connectivity index (χ0v) is 13.0. The maximum Gasteiger partial charge on any atom is 0.405 e. The summed E-state index contributed by atoms with van der Waals surface area (Å²) >= 11 is 2.81. The van der Waals surface area contributed by atoms with Crippen LogP contribution >= 0.6 is 15.9 Å². The SMILES string of the molecule is O=C(Cc1ccc(NS(=O)(=O)CBr)cc1)NCC(F)(F)F. The first-order valence-electron chi connectivity index (χ1n) is 5.60. The van der Waals surface area contributed by atoms with Crippen molar-refractivity contribution >= 4 is 37.5 Å². The van der Waals surface area contributed by atoms with Gasteiger partial charge in [0.2, 0.25) is 15.9 Å². The molecule has 1 rings (SSSR count). The number of halogens is 4. The summed E-state index contributed by atoms with van der Waals surface area (Å²) in [4.78, 5) is 11.3. The Bertz CT molecular complexity index is 588. The van der Waals surface area contributed by atoms with E-state index in [1.54, 1.807) is 5.32 Å². The molecule has 118 valence electrons. The maximum absolute atomic E-state index is 11.9. The van der Waals surface area contributed by atoms with Gasteiger partial charge in [-0.1, -0.05) is 28.1 Å². The van der Waals surface area contributed by atoms with E-state index in [1.165, 1.54) is 24.3 Å². The molecule has 0 unspecified atom stereocenters. The number of sulfonamides is 1. The lowest BCUT2D eigenvalue weighted by atomic mass is 10.1. The van der Waals surface area contributed by atoms with Gasteiger partial charge in [-0.25, -0.2) is 8.42 Å². The highest BCUT2D eigenvalue weighted by Crippen LogP contribution is 2.14. The third kappa shape index (κ3) is 7.32. The van der Waals surface area contributed by atoms with E-state index in [0.29, 0.717) is 11.3 Å². The summed E-state index contributed by atoms with van der Waals surface area (Å²) in [6.07, 6.45) is -4.67. The number of carbonyl (C=O) groups is 1. The number of benzene rings is 1. The highest BCUT2D eigenvalue weighted by Gasteiger charge is 2.27. The largest absolute Gasteiger partial charge is 0.405 e. The van der Waals surface area contributed by atoms with Crippen LogP contribution in [0.3, 0.4) is 0 Å². The van der Waals surface area contributed by atoms with Gasteiger partial charge in [0.15, 0.2) is 0 Å². The molecular weight excluding hydrogens is 377 g/mol. The van der Waals surface area contributed by atoms with Crippen LogP contribution in [-0.2, 0) is 21.2 Å². The average molecular weight is 389 g/mol. The van der Waals surface area contributed by atoms with Crippen LogP contribution in [0.2, 0.25) is 0 Å². The second-order valence-electron chi connectivity index (χ2n) is 4.09. The topological polar surface area (TPSA) is 75.3 Å². The van der Waals surface area contributed by atoms with Gasteiger partial charge in [0.25, 0.3) is 0 Å². The van der Waals surface area contributed by atoms with Crippen molar-refractivity contribution in [1.29, 1.82) is 0 Å². The molecule has 1 amide bonds. The maximum atomic E-state index is 11.9. The monoisotopic (exact) mass is 388 g/mol. The van der Waals surface area contributed by atoms with Gasteiger partial charge < -0.3 is 5.32 Å². The molecule has 1 aromatic rings. The van der Waals surface area contributed by atoms with E-state index in [4.69, 9.17) is 0 Å². The molecule has 0 aliphatic carbocycles. The van der Waals surface area contributed by atoms with E-state index in [-0.39, 0.29) is 11.1 Å². The van der Waals surface area contributed by atoms with Crippen molar-refractivity contribution in [2.45, 2.75) is 12.6 Å². The second-order valence-corrected chi connectivity index (χ2v) is 7.12. The van der Waals surface area contributed by atoms with Gasteiger partial charge in [-0.15, -0.1) is 0 Å². The summed E-state index contributed by atoms with van der Waals surface area (Å²) in [7, 11) is -3.47. The van der Waals surface area contributed by atoms with Crippen molar-refractivity contribution in [2.75, 3.05) is 15.9 Å². The average Bonchev–Trinajstić information content (AvgIpc) is 2.38. The number of hydrogen-bond donors (Lipinski definition) is 2. The smallest absolute Gasteiger partial charge is 0.347 e. The van der Waals surface area contributed by atoms with Crippen molar-refractivity contribution < 1.29 is 26.4 Å². The summed E-state index contributed by atoms with van der Waals surface area (Å²) in [6, 6.07) is 5.76. The molecule has 0 bridgehead atoms. The van der Waals surface area contributed by atoms with E-state index in [2.05, 4.69) is 20.7 Å². The number of rotatable bonds is 6. The Kier molecular flexibility index (Phi) is 6.02. The fraction of sp³-hybridized carbons (Fsp3) is 0.364. The second kappa shape index (κ2) is 7.12. The Morgan fingerprint density at radius 1 is 1.19 bits per heavy atom. The molecule has 0 aromatic heterocycles. The molecule has 0 heterocycles. The van der Waals surface area contributed by atoms with E-state index < -0.39 is 28.7 Å². The van der Waals surface area contributed by atoms with Crippen molar-refractivity contribution in [3.05, 3.63) is 29.8 Å². The highest BCUT2D eigenvalue weighted by atomic mass is 79.9. The fourth-order valence-electron chi connectivity index (χ4n) is 1.34. The van der Waals surface area contributed by atoms with E-state index in [0.717, 1.165) is 0 Å². The van der Waals surface area contributed by atoms with Crippen LogP contribution in [0.1, 0.15) is 5.56 Å². The lowest BCUT2D eigenvalue weighted by molar-refractivity contribution is -0.138. The Morgan fingerprint density at radius 2 is 1.76 bits per heavy atom. The minimum absolute atomic E-state index is 0.221. The Labute approximate surface area is 128 Å². The minimum atomic E-state index is -4.45. The Balaban J connectivity index is 2.57. The van der Waals surface area contributed by atoms with Gasteiger partial charge in [0.05, 0.1) is 6.42 Å². The summed E-state index contributed by atoms with van der Waals surface area (Å²) in [5.41, 5.74) is 0.769. The molecule has 0 saturated carbocycles. The number of anilines is 1. The number of hydrogen-bond acceptors (Lipinski definition) is 3. The summed E-state index contributed by atoms with van der Waals surface area (Å²) < 4.78 is 60.3. The first-order valence-corrected chi connectivity index (χ1v) is 8.37. The number of amides is 1. The normalized spacial score (nSPS) is 12.0. The molecule has 0 atom stereocenters. The molecular formula is C11H12BrF3N2O3S. The van der Waals surface area contributed by atoms with Crippen LogP contribution in [0.15, 0.2) is 24.3 Å². The van der Waals surface area contributed by atoms with Gasteiger partial charge in [0, 0.05) is 5.69 Å². The number of alkyl halides is 4. The van der Waals surface area contributed by atoms with Crippen LogP contribution < -0.4 is 10.0 Å². The van der Waals surface area contributed by atoms with E-state index in [1.807, 2.05) is 0 Å². The first kappa shape index (κ1) is 17.8. The molecule has 21 heavy (non-hydrogen) atoms. The Hall–Kier alpha value is -1.29. The predicted octanol–water partition coefficient (Wildman–Crippen LogP) is 2.00. The molecule has 1 aromatic carbocycles. The van der Waals surface area contributed by atoms with Crippen molar-refractivity contribution in [2.24, 2.45) is 0 Å². The van der Waals surface area contributed by atoms with Crippen LogP contribution in [0.4, 0.5) is 18.9 Å². The third-order valence-electron chi connectivity index (χ3n) is 2.22. The first-order chi connectivity index (χ1) is 9.61. The lowest BCUT2D eigenvalue weighted by Crippen LogP contribution is -2.34. The zero-order valence-electron chi connectivity index (χ0n) is 10.6. The van der Waals surface area contributed by atoms with Gasteiger partial charge in [-0.05, 0) is 17.7 Å². The highest BCUT2D eigenvalue weighted by molar-refractivity contribution is 9.10. The summed E-state index contributed by atoms with van der Waals surface area (Å²) in [5.74, 6) is -0.763. The van der Waals surface area contributed by atoms with Crippen molar-refractivity contribution in [3.63, 3.8) is 0 Å². The molecule has 0 radical (unpaired) electrons. The van der Waals surface area contributed by atoms with Gasteiger partial charge >= 0.3 is 6.18 Å². The van der Waals surface area contributed by atoms with Crippen LogP contribution in [0.5, 0.6) is 0 Å². The third-order valence-corrected chi connectivity index (χ3v) is 4.86. The van der Waals surface area contributed by atoms with Crippen LogP contribution in [0, 0.1) is 0 Å². The zero-order chi connectivity index (χ0) is 16.1. The van der Waals surface area contributed by atoms with Crippen LogP contribution in [-0.4, -0.2) is 31.7 Å². The minimum Gasteiger partial charge on any atom is -0.347 e. The van der Waals surface area contributed by atoms with Gasteiger partial charge in [-0.2, -0.15) is 13.2 Å². The molecule has 0 saturated heterocycles. The van der Waals surface area contributed by atoms with E-state index >= 15 is 0 Å². The van der Waals surface area contributed by atoms with Crippen molar-refractivity contribution in [3.8, 4) is 0 Å². The predicted molar refractivity (Wildman–Crippen MR) is 75.5 cm³/mol.